The smallest absolute Gasteiger partial charge is 0.356 e. The summed E-state index contributed by atoms with van der Waals surface area (Å²) >= 11 is 5.88. The number of aromatic nitrogens is 3. The van der Waals surface area contributed by atoms with E-state index in [2.05, 4.69) is 20.3 Å². The minimum absolute atomic E-state index is 0.0749. The van der Waals surface area contributed by atoms with E-state index in [1.165, 1.54) is 26.0 Å². The fraction of sp³-hybridized carbons (Fsp3) is 0.263. The average molecular weight is 477 g/mol. The number of anilines is 1. The minimum atomic E-state index is -4.55. The monoisotopic (exact) mass is 476 g/mol. The van der Waals surface area contributed by atoms with Crippen LogP contribution in [0.3, 0.4) is 0 Å². The van der Waals surface area contributed by atoms with Crippen molar-refractivity contribution in [2.24, 2.45) is 0 Å². The van der Waals surface area contributed by atoms with Gasteiger partial charge in [0.25, 0.3) is 0 Å². The number of nitrogens with zero attached hydrogens (tertiary/aromatic N) is 2. The highest BCUT2D eigenvalue weighted by atomic mass is 35.5. The number of benzene rings is 1. The van der Waals surface area contributed by atoms with Crippen LogP contribution in [-0.2, 0) is 16.0 Å². The van der Waals surface area contributed by atoms with E-state index in [-0.39, 0.29) is 33.1 Å². The summed E-state index contributed by atoms with van der Waals surface area (Å²) in [4.78, 5) is 10.9. The van der Waals surface area contributed by atoms with Gasteiger partial charge in [0.1, 0.15) is 23.5 Å². The molecule has 12 heteroatoms. The van der Waals surface area contributed by atoms with Crippen LogP contribution in [0.25, 0.3) is 0 Å². The van der Waals surface area contributed by atoms with Crippen LogP contribution in [-0.4, -0.2) is 29.6 Å². The maximum absolute atomic E-state index is 13.7. The second kappa shape index (κ2) is 8.12. The molecule has 0 aliphatic heterocycles. The van der Waals surface area contributed by atoms with E-state index in [1.807, 2.05) is 0 Å². The Bertz CT molecular complexity index is 1240. The molecule has 0 saturated heterocycles. The van der Waals surface area contributed by atoms with E-state index in [9.17, 15) is 26.0 Å². The third kappa shape index (κ3) is 4.99. The zero-order valence-electron chi connectivity index (χ0n) is 16.5. The van der Waals surface area contributed by atoms with Crippen molar-refractivity contribution < 1.29 is 26.0 Å². The molecule has 2 heterocycles. The number of nitrogens with one attached hydrogen (secondary N) is 2. The molecule has 0 spiro atoms. The van der Waals surface area contributed by atoms with Gasteiger partial charge in [-0.25, -0.2) is 22.8 Å². The number of aryl methyl sites for hydroxylation is 2. The number of hydrogen-bond acceptors (Lipinski definition) is 5. The van der Waals surface area contributed by atoms with Crippen LogP contribution in [0.1, 0.15) is 34.4 Å². The van der Waals surface area contributed by atoms with E-state index in [0.29, 0.717) is 5.56 Å². The molecular weight excluding hydrogens is 460 g/mol. The molecule has 3 aromatic rings. The highest BCUT2D eigenvalue weighted by molar-refractivity contribution is 7.90. The van der Waals surface area contributed by atoms with Crippen molar-refractivity contribution in [2.75, 3.05) is 11.6 Å². The Morgan fingerprint density at radius 1 is 1.10 bits per heavy atom. The molecule has 31 heavy (non-hydrogen) atoms. The van der Waals surface area contributed by atoms with Gasteiger partial charge >= 0.3 is 6.18 Å². The van der Waals surface area contributed by atoms with Gasteiger partial charge < -0.3 is 10.3 Å². The lowest BCUT2D eigenvalue weighted by Crippen LogP contribution is -2.17. The predicted molar refractivity (Wildman–Crippen MR) is 107 cm³/mol. The number of imidazole rings is 1. The zero-order valence-corrected chi connectivity index (χ0v) is 18.0. The van der Waals surface area contributed by atoms with Gasteiger partial charge in [-0.1, -0.05) is 17.7 Å². The van der Waals surface area contributed by atoms with Gasteiger partial charge in [-0.05, 0) is 43.7 Å². The Hall–Kier alpha value is -2.66. The third-order valence-electron chi connectivity index (χ3n) is 4.46. The van der Waals surface area contributed by atoms with Crippen molar-refractivity contribution in [3.8, 4) is 0 Å². The summed E-state index contributed by atoms with van der Waals surface area (Å²) in [6.07, 6.45) is -3.54. The quantitative estimate of drug-likeness (QED) is 0.515. The van der Waals surface area contributed by atoms with E-state index in [0.717, 1.165) is 24.5 Å². The lowest BCUT2D eigenvalue weighted by atomic mass is 10.1. The molecule has 0 saturated carbocycles. The van der Waals surface area contributed by atoms with Crippen LogP contribution in [0.2, 0.25) is 5.02 Å². The molecule has 1 aromatic carbocycles. The highest BCUT2D eigenvalue weighted by Crippen LogP contribution is 2.33. The lowest BCUT2D eigenvalue weighted by Gasteiger charge is -2.19. The maximum Gasteiger partial charge on any atom is 0.418 e. The first-order valence-corrected chi connectivity index (χ1v) is 11.1. The first kappa shape index (κ1) is 23.0. The van der Waals surface area contributed by atoms with Crippen LogP contribution in [0.15, 0.2) is 35.4 Å². The molecule has 1 atom stereocenters. The fourth-order valence-electron chi connectivity index (χ4n) is 3.05. The molecule has 0 aliphatic rings. The zero-order chi connectivity index (χ0) is 23.1. The maximum atomic E-state index is 13.7. The number of rotatable bonds is 5. The summed E-state index contributed by atoms with van der Waals surface area (Å²) in [5.41, 5.74) is -0.540. The lowest BCUT2D eigenvalue weighted by molar-refractivity contribution is -0.138. The Morgan fingerprint density at radius 3 is 2.29 bits per heavy atom. The first-order chi connectivity index (χ1) is 14.3. The summed E-state index contributed by atoms with van der Waals surface area (Å²) in [6, 6.07) is 4.94. The van der Waals surface area contributed by atoms with Crippen molar-refractivity contribution >= 4 is 27.3 Å². The van der Waals surface area contributed by atoms with Crippen molar-refractivity contribution in [3.05, 3.63) is 69.5 Å². The van der Waals surface area contributed by atoms with Crippen molar-refractivity contribution in [1.82, 2.24) is 15.0 Å². The molecule has 6 nitrogen and oxygen atoms in total. The largest absolute Gasteiger partial charge is 0.418 e. The summed E-state index contributed by atoms with van der Waals surface area (Å²) < 4.78 is 76.7. The SMILES string of the molecule is Cc1nc(NC(c2ccc(F)c(Cl)c2)c2nc(C)c(S(C)(=O)=O)[nH]2)ccc1C(F)(F)F. The molecule has 0 aliphatic carbocycles. The van der Waals surface area contributed by atoms with Crippen LogP contribution in [0.4, 0.5) is 23.4 Å². The van der Waals surface area contributed by atoms with Gasteiger partial charge in [-0.2, -0.15) is 13.2 Å². The Morgan fingerprint density at radius 2 is 1.77 bits per heavy atom. The number of aromatic amines is 1. The number of pyridine rings is 1. The standard InChI is InChI=1S/C19H17ClF4N4O2S/c1-9-12(19(22,23)24)5-7-15(25-9)27-16(11-4-6-14(21)13(20)8-11)17-26-10(2)18(28-17)31(3,29)30/h4-8,16H,1-3H3,(H,25,27)(H,26,28). The summed E-state index contributed by atoms with van der Waals surface area (Å²) in [7, 11) is -3.62. The molecule has 1 unspecified atom stereocenters. The molecule has 166 valence electrons. The van der Waals surface area contributed by atoms with Gasteiger partial charge in [0.2, 0.25) is 0 Å². The van der Waals surface area contributed by atoms with Gasteiger partial charge in [0.15, 0.2) is 14.9 Å². The van der Waals surface area contributed by atoms with E-state index in [4.69, 9.17) is 11.6 Å². The molecule has 0 bridgehead atoms. The average Bonchev–Trinajstić information content (AvgIpc) is 3.03. The molecule has 3 rings (SSSR count). The molecule has 0 fully saturated rings. The van der Waals surface area contributed by atoms with Gasteiger partial charge in [0, 0.05) is 6.26 Å². The molecular formula is C19H17ClF4N4O2S. The number of hydrogen-bond donors (Lipinski definition) is 2. The Labute approximate surface area is 180 Å². The van der Waals surface area contributed by atoms with Gasteiger partial charge in [-0.15, -0.1) is 0 Å². The van der Waals surface area contributed by atoms with Gasteiger partial charge in [-0.3, -0.25) is 0 Å². The number of halogens is 5. The van der Waals surface area contributed by atoms with Crippen molar-refractivity contribution in [3.63, 3.8) is 0 Å². The topological polar surface area (TPSA) is 87.7 Å². The van der Waals surface area contributed by atoms with Crippen molar-refractivity contribution in [2.45, 2.75) is 31.1 Å². The minimum Gasteiger partial charge on any atom is -0.356 e. The highest BCUT2D eigenvalue weighted by Gasteiger charge is 2.33. The first-order valence-electron chi connectivity index (χ1n) is 8.80. The Kier molecular flexibility index (Phi) is 6.03. The second-order valence-electron chi connectivity index (χ2n) is 6.89. The van der Waals surface area contributed by atoms with Crippen molar-refractivity contribution in [1.29, 1.82) is 0 Å². The summed E-state index contributed by atoms with van der Waals surface area (Å²) in [5.74, 6) is -0.453. The van der Waals surface area contributed by atoms with Crippen LogP contribution >= 0.6 is 11.6 Å². The predicted octanol–water partition coefficient (Wildman–Crippen LogP) is 4.84. The number of sulfone groups is 1. The second-order valence-corrected chi connectivity index (χ2v) is 9.25. The summed E-state index contributed by atoms with van der Waals surface area (Å²) in [5, 5.41) is 2.62. The van der Waals surface area contributed by atoms with E-state index < -0.39 is 33.4 Å². The number of alkyl halides is 3. The van der Waals surface area contributed by atoms with Crippen LogP contribution in [0.5, 0.6) is 0 Å². The van der Waals surface area contributed by atoms with Crippen LogP contribution in [0, 0.1) is 19.7 Å². The summed E-state index contributed by atoms with van der Waals surface area (Å²) in [6.45, 7) is 2.71. The molecule has 2 aromatic heterocycles. The van der Waals surface area contributed by atoms with E-state index >= 15 is 0 Å². The normalized spacial score (nSPS) is 13.3. The third-order valence-corrected chi connectivity index (χ3v) is 5.89. The van der Waals surface area contributed by atoms with Gasteiger partial charge in [0.05, 0.1) is 22.0 Å². The molecule has 0 amide bonds. The molecule has 0 radical (unpaired) electrons. The number of H-pyrrole nitrogens is 1. The fourth-order valence-corrected chi connectivity index (χ4v) is 4.12. The van der Waals surface area contributed by atoms with Crippen LogP contribution < -0.4 is 5.32 Å². The molecule has 2 N–H and O–H groups in total. The van der Waals surface area contributed by atoms with E-state index in [1.54, 1.807) is 0 Å². The Balaban J connectivity index is 2.09.